The van der Waals surface area contributed by atoms with Crippen LogP contribution in [0.4, 0.5) is 4.39 Å². The number of benzene rings is 4. The maximum absolute atomic E-state index is 14.0. The van der Waals surface area contributed by atoms with Crippen molar-refractivity contribution >= 4 is 16.8 Å². The van der Waals surface area contributed by atoms with Gasteiger partial charge in [-0.05, 0) is 79.4 Å². The number of nitrogens with two attached hydrogens (primary N) is 1. The van der Waals surface area contributed by atoms with E-state index in [9.17, 15) is 14.3 Å². The number of carbonyl (C=O) groups is 1. The van der Waals surface area contributed by atoms with Crippen molar-refractivity contribution < 1.29 is 18.7 Å². The fourth-order valence-electron chi connectivity index (χ4n) is 5.62. The fraction of sp³-hybridized carbons (Fsp3) is 0.118. The van der Waals surface area contributed by atoms with Gasteiger partial charge in [-0.25, -0.2) is 9.37 Å². The Balaban J connectivity index is 1.58. The predicted octanol–water partition coefficient (Wildman–Crippen LogP) is 7.15. The van der Waals surface area contributed by atoms with E-state index >= 15 is 0 Å². The van der Waals surface area contributed by atoms with Gasteiger partial charge in [-0.3, -0.25) is 4.79 Å². The van der Waals surface area contributed by atoms with Gasteiger partial charge in [0.25, 0.3) is 0 Å². The summed E-state index contributed by atoms with van der Waals surface area (Å²) >= 11 is 0. The number of fused-ring (bicyclic) bond motifs is 1. The van der Waals surface area contributed by atoms with Crippen molar-refractivity contribution in [3.63, 3.8) is 0 Å². The molecule has 1 amide bonds. The van der Waals surface area contributed by atoms with Crippen LogP contribution >= 0.6 is 0 Å². The third kappa shape index (κ3) is 4.55. The number of hydrogen-bond acceptors (Lipinski definition) is 4. The average molecular weight is 546 g/mol. The molecule has 6 nitrogen and oxygen atoms in total. The monoisotopic (exact) mass is 545 g/mol. The van der Waals surface area contributed by atoms with Gasteiger partial charge >= 0.3 is 0 Å². The lowest BCUT2D eigenvalue weighted by Crippen LogP contribution is -2.23. The topological polar surface area (TPSA) is 94.3 Å². The van der Waals surface area contributed by atoms with Gasteiger partial charge < -0.3 is 19.8 Å². The maximum atomic E-state index is 14.0. The van der Waals surface area contributed by atoms with Crippen molar-refractivity contribution in [3.05, 3.63) is 138 Å². The smallest absolute Gasteiger partial charge is 0.248 e. The number of oxazole rings is 1. The molecule has 0 saturated heterocycles. The number of nitrogens with zero attached hydrogens (tertiary/aromatic N) is 2. The van der Waals surface area contributed by atoms with E-state index in [-0.39, 0.29) is 11.6 Å². The van der Waals surface area contributed by atoms with Crippen LogP contribution in [-0.4, -0.2) is 20.6 Å². The summed E-state index contributed by atoms with van der Waals surface area (Å²) in [5.41, 5.74) is 11.3. The molecule has 0 aliphatic heterocycles. The number of amides is 1. The number of phenolic OH excluding ortho intramolecular Hbond substituents is 1. The van der Waals surface area contributed by atoms with Crippen molar-refractivity contribution in [1.82, 2.24) is 9.55 Å². The summed E-state index contributed by atoms with van der Waals surface area (Å²) in [5, 5.41) is 11.9. The molecular weight excluding hydrogens is 517 g/mol. The second-order valence-corrected chi connectivity index (χ2v) is 10.6. The second-order valence-electron chi connectivity index (χ2n) is 10.6. The van der Waals surface area contributed by atoms with Crippen molar-refractivity contribution in [3.8, 4) is 22.6 Å². The number of aromatic hydroxyl groups is 1. The van der Waals surface area contributed by atoms with Gasteiger partial charge in [-0.1, -0.05) is 48.5 Å². The molecule has 0 fully saturated rings. The average Bonchev–Trinajstić information content (AvgIpc) is 3.63. The first-order valence-corrected chi connectivity index (χ1v) is 13.2. The van der Waals surface area contributed by atoms with E-state index in [2.05, 4.69) is 4.98 Å². The highest BCUT2D eigenvalue weighted by Crippen LogP contribution is 2.47. The second kappa shape index (κ2) is 10.1. The number of primary amides is 1. The zero-order valence-electron chi connectivity index (χ0n) is 22.6. The van der Waals surface area contributed by atoms with Crippen LogP contribution in [0.2, 0.25) is 0 Å². The lowest BCUT2D eigenvalue weighted by atomic mass is 9.82. The third-order valence-electron chi connectivity index (χ3n) is 7.62. The highest BCUT2D eigenvalue weighted by atomic mass is 19.1. The minimum atomic E-state index is -0.704. The first-order valence-electron chi connectivity index (χ1n) is 13.2. The number of rotatable bonds is 7. The van der Waals surface area contributed by atoms with Crippen molar-refractivity contribution in [2.24, 2.45) is 5.73 Å². The summed E-state index contributed by atoms with van der Waals surface area (Å²) in [5.74, 6) is -0.0186. The molecule has 0 aliphatic carbocycles. The van der Waals surface area contributed by atoms with Crippen LogP contribution in [-0.2, 0) is 11.8 Å². The SMILES string of the molecule is CC(C)(c1cnco1)c1c(-c2ccc(Cc3ccccc3C(N)=O)cc2)c2c(O)cccc2n1-c1ccc(F)cc1. The molecule has 7 heteroatoms. The Morgan fingerprint density at radius 2 is 1.71 bits per heavy atom. The highest BCUT2D eigenvalue weighted by Gasteiger charge is 2.36. The van der Waals surface area contributed by atoms with E-state index in [1.807, 2.05) is 60.9 Å². The summed E-state index contributed by atoms with van der Waals surface area (Å²) in [6, 6.07) is 27.1. The molecular formula is C34H28FN3O3. The van der Waals surface area contributed by atoms with Gasteiger partial charge in [0.2, 0.25) is 5.91 Å². The van der Waals surface area contributed by atoms with Gasteiger partial charge in [0.15, 0.2) is 6.39 Å². The molecule has 0 aliphatic rings. The molecule has 204 valence electrons. The summed E-state index contributed by atoms with van der Waals surface area (Å²) in [7, 11) is 0. The van der Waals surface area contributed by atoms with Gasteiger partial charge in [0.1, 0.15) is 17.3 Å². The Morgan fingerprint density at radius 3 is 2.39 bits per heavy atom. The molecule has 0 radical (unpaired) electrons. The Kier molecular flexibility index (Phi) is 6.42. The molecule has 0 spiro atoms. The Bertz CT molecular complexity index is 1870. The minimum Gasteiger partial charge on any atom is -0.507 e. The Hall–Kier alpha value is -5.17. The van der Waals surface area contributed by atoms with E-state index in [1.165, 1.54) is 18.5 Å². The fourth-order valence-corrected chi connectivity index (χ4v) is 5.62. The molecule has 0 atom stereocenters. The van der Waals surface area contributed by atoms with Crippen LogP contribution in [0.25, 0.3) is 27.7 Å². The summed E-state index contributed by atoms with van der Waals surface area (Å²) in [6.07, 6.45) is 3.63. The number of aromatic nitrogens is 2. The zero-order valence-corrected chi connectivity index (χ0v) is 22.6. The molecule has 2 heterocycles. The van der Waals surface area contributed by atoms with Gasteiger partial charge in [-0.2, -0.15) is 0 Å². The van der Waals surface area contributed by atoms with Crippen LogP contribution in [0, 0.1) is 5.82 Å². The Morgan fingerprint density at radius 1 is 0.976 bits per heavy atom. The van der Waals surface area contributed by atoms with Crippen molar-refractivity contribution in [1.29, 1.82) is 0 Å². The third-order valence-corrected chi connectivity index (χ3v) is 7.62. The van der Waals surface area contributed by atoms with Gasteiger partial charge in [-0.15, -0.1) is 0 Å². The zero-order chi connectivity index (χ0) is 28.7. The van der Waals surface area contributed by atoms with Crippen LogP contribution in [0.5, 0.6) is 5.75 Å². The molecule has 4 aromatic carbocycles. The van der Waals surface area contributed by atoms with E-state index in [0.29, 0.717) is 23.1 Å². The molecule has 0 bridgehead atoms. The summed E-state index contributed by atoms with van der Waals surface area (Å²) in [6.45, 7) is 4.08. The lowest BCUT2D eigenvalue weighted by Gasteiger charge is -2.27. The van der Waals surface area contributed by atoms with Crippen LogP contribution in [0.1, 0.15) is 46.8 Å². The molecule has 0 saturated carbocycles. The van der Waals surface area contributed by atoms with E-state index < -0.39 is 11.3 Å². The van der Waals surface area contributed by atoms with E-state index in [1.54, 1.807) is 42.6 Å². The number of halogens is 1. The maximum Gasteiger partial charge on any atom is 0.248 e. The highest BCUT2D eigenvalue weighted by molar-refractivity contribution is 6.03. The summed E-state index contributed by atoms with van der Waals surface area (Å²) < 4.78 is 21.8. The largest absolute Gasteiger partial charge is 0.507 e. The van der Waals surface area contributed by atoms with Crippen LogP contribution < -0.4 is 5.73 Å². The number of carbonyl (C=O) groups excluding carboxylic acids is 1. The Labute approximate surface area is 236 Å². The molecule has 41 heavy (non-hydrogen) atoms. The first-order chi connectivity index (χ1) is 19.8. The number of hydrogen-bond donors (Lipinski definition) is 2. The summed E-state index contributed by atoms with van der Waals surface area (Å²) in [4.78, 5) is 16.1. The molecule has 3 N–H and O–H groups in total. The molecule has 0 unspecified atom stereocenters. The number of phenols is 1. The van der Waals surface area contributed by atoms with E-state index in [0.717, 1.165) is 39.2 Å². The van der Waals surface area contributed by atoms with Gasteiger partial charge in [0.05, 0.1) is 17.1 Å². The van der Waals surface area contributed by atoms with Crippen LogP contribution in [0.3, 0.4) is 0 Å². The first kappa shape index (κ1) is 26.1. The minimum absolute atomic E-state index is 0.132. The normalized spacial score (nSPS) is 11.7. The molecule has 2 aromatic heterocycles. The molecule has 6 aromatic rings. The lowest BCUT2D eigenvalue weighted by molar-refractivity contribution is 0.0999. The quantitative estimate of drug-likeness (QED) is 0.223. The van der Waals surface area contributed by atoms with Crippen molar-refractivity contribution in [2.45, 2.75) is 25.7 Å². The van der Waals surface area contributed by atoms with Crippen molar-refractivity contribution in [2.75, 3.05) is 0 Å². The predicted molar refractivity (Wildman–Crippen MR) is 157 cm³/mol. The van der Waals surface area contributed by atoms with Crippen LogP contribution in [0.15, 0.2) is 108 Å². The standard InChI is InChI=1S/C34H28FN3O3/c1-34(2,29-19-37-20-41-29)32-30(22-12-10-21(11-13-22)18-23-6-3-4-7-26(23)33(36)40)31-27(8-5-9-28(31)39)38(32)25-16-14-24(35)15-17-25/h3-17,19-20,39H,18H2,1-2H3,(H2,36,40). The molecule has 6 rings (SSSR count). The van der Waals surface area contributed by atoms with Gasteiger partial charge in [0, 0.05) is 27.9 Å². The van der Waals surface area contributed by atoms with E-state index in [4.69, 9.17) is 10.2 Å².